The second-order valence-corrected chi connectivity index (χ2v) is 5.33. The molecule has 2 aromatic carbocycles. The minimum absolute atomic E-state index is 0.0504. The molecular formula is C16H13ClFN3O2. The van der Waals surface area contributed by atoms with Gasteiger partial charge in [-0.2, -0.15) is 0 Å². The quantitative estimate of drug-likeness (QED) is 0.752. The summed E-state index contributed by atoms with van der Waals surface area (Å²) in [4.78, 5) is 8.25. The third-order valence-electron chi connectivity index (χ3n) is 3.51. The summed E-state index contributed by atoms with van der Waals surface area (Å²) >= 11 is 5.90. The predicted octanol–water partition coefficient (Wildman–Crippen LogP) is 4.19. The van der Waals surface area contributed by atoms with E-state index in [9.17, 15) is 9.50 Å². The molecule has 3 rings (SSSR count). The number of phenols is 1. The van der Waals surface area contributed by atoms with E-state index >= 15 is 0 Å². The van der Waals surface area contributed by atoms with Crippen LogP contribution < -0.4 is 10.1 Å². The molecule has 0 aliphatic heterocycles. The number of aromatic hydroxyl groups is 1. The summed E-state index contributed by atoms with van der Waals surface area (Å²) in [6, 6.07) is 6.19. The van der Waals surface area contributed by atoms with Crippen molar-refractivity contribution in [1.82, 2.24) is 9.97 Å². The largest absolute Gasteiger partial charge is 0.504 e. The van der Waals surface area contributed by atoms with E-state index in [1.54, 1.807) is 19.1 Å². The van der Waals surface area contributed by atoms with Gasteiger partial charge in [-0.05, 0) is 25.1 Å². The molecule has 2 N–H and O–H groups in total. The molecule has 0 spiro atoms. The topological polar surface area (TPSA) is 67.3 Å². The van der Waals surface area contributed by atoms with Crippen LogP contribution in [0.4, 0.5) is 15.9 Å². The maximum atomic E-state index is 14.3. The third-order valence-corrected chi connectivity index (χ3v) is 3.92. The van der Waals surface area contributed by atoms with Crippen molar-refractivity contribution in [2.45, 2.75) is 6.92 Å². The zero-order chi connectivity index (χ0) is 16.6. The van der Waals surface area contributed by atoms with E-state index in [4.69, 9.17) is 16.3 Å². The van der Waals surface area contributed by atoms with E-state index in [0.29, 0.717) is 33.1 Å². The Hall–Kier alpha value is -2.60. The van der Waals surface area contributed by atoms with E-state index in [1.807, 2.05) is 0 Å². The molecule has 0 atom stereocenters. The van der Waals surface area contributed by atoms with Gasteiger partial charge in [-0.1, -0.05) is 11.6 Å². The first-order valence-electron chi connectivity index (χ1n) is 6.74. The summed E-state index contributed by atoms with van der Waals surface area (Å²) < 4.78 is 19.3. The number of rotatable bonds is 3. The molecule has 0 saturated carbocycles. The highest BCUT2D eigenvalue weighted by Crippen LogP contribution is 2.34. The Kier molecular flexibility index (Phi) is 3.92. The Labute approximate surface area is 136 Å². The van der Waals surface area contributed by atoms with Gasteiger partial charge >= 0.3 is 0 Å². The minimum atomic E-state index is -0.456. The highest BCUT2D eigenvalue weighted by atomic mass is 35.5. The van der Waals surface area contributed by atoms with Crippen LogP contribution in [0.2, 0.25) is 5.02 Å². The maximum Gasteiger partial charge on any atom is 0.162 e. The standard InChI is InChI=1S/C16H13ClFN3O2/c1-8-10(17)3-4-11(15(8)18)21-16-9-5-13(22)14(23-2)6-12(9)19-7-20-16/h3-7,22H,1-2H3,(H,19,20,21). The van der Waals surface area contributed by atoms with Gasteiger partial charge in [-0.3, -0.25) is 0 Å². The van der Waals surface area contributed by atoms with Gasteiger partial charge in [0.25, 0.3) is 0 Å². The lowest BCUT2D eigenvalue weighted by molar-refractivity contribution is 0.374. The summed E-state index contributed by atoms with van der Waals surface area (Å²) in [5.41, 5.74) is 1.14. The molecule has 1 aromatic heterocycles. The normalized spacial score (nSPS) is 10.8. The van der Waals surface area contributed by atoms with Gasteiger partial charge in [-0.25, -0.2) is 14.4 Å². The van der Waals surface area contributed by atoms with Crippen LogP contribution in [0.15, 0.2) is 30.6 Å². The van der Waals surface area contributed by atoms with E-state index in [2.05, 4.69) is 15.3 Å². The SMILES string of the molecule is COc1cc2ncnc(Nc3ccc(Cl)c(C)c3F)c2cc1O. The number of methoxy groups -OCH3 is 1. The Morgan fingerprint density at radius 2 is 2.04 bits per heavy atom. The second kappa shape index (κ2) is 5.89. The predicted molar refractivity (Wildman–Crippen MR) is 87.2 cm³/mol. The fraction of sp³-hybridized carbons (Fsp3) is 0.125. The number of halogens is 2. The van der Waals surface area contributed by atoms with Crippen LogP contribution in [0.3, 0.4) is 0 Å². The van der Waals surface area contributed by atoms with Crippen LogP contribution in [0.5, 0.6) is 11.5 Å². The Morgan fingerprint density at radius 1 is 1.26 bits per heavy atom. The lowest BCUT2D eigenvalue weighted by Gasteiger charge is -2.12. The van der Waals surface area contributed by atoms with Crippen molar-refractivity contribution in [3.8, 4) is 11.5 Å². The van der Waals surface area contributed by atoms with Gasteiger partial charge in [-0.15, -0.1) is 0 Å². The van der Waals surface area contributed by atoms with Gasteiger partial charge in [0.1, 0.15) is 12.1 Å². The molecule has 1 heterocycles. The number of fused-ring (bicyclic) bond motifs is 1. The van der Waals surface area contributed by atoms with Crippen molar-refractivity contribution in [2.24, 2.45) is 0 Å². The Bertz CT molecular complexity index is 902. The minimum Gasteiger partial charge on any atom is -0.504 e. The molecule has 7 heteroatoms. The zero-order valence-electron chi connectivity index (χ0n) is 12.4. The number of nitrogens with one attached hydrogen (secondary N) is 1. The molecule has 0 aliphatic rings. The van der Waals surface area contributed by atoms with E-state index in [1.165, 1.54) is 25.6 Å². The van der Waals surface area contributed by atoms with Crippen molar-refractivity contribution in [3.63, 3.8) is 0 Å². The number of nitrogens with zero attached hydrogens (tertiary/aromatic N) is 2. The number of hydrogen-bond donors (Lipinski definition) is 2. The van der Waals surface area contributed by atoms with Gasteiger partial charge < -0.3 is 15.2 Å². The highest BCUT2D eigenvalue weighted by molar-refractivity contribution is 6.31. The van der Waals surface area contributed by atoms with Crippen LogP contribution in [0, 0.1) is 12.7 Å². The summed E-state index contributed by atoms with van der Waals surface area (Å²) in [5, 5.41) is 13.7. The first kappa shape index (κ1) is 15.3. The molecule has 118 valence electrons. The summed E-state index contributed by atoms with van der Waals surface area (Å²) in [6.07, 6.45) is 1.35. The van der Waals surface area contributed by atoms with Crippen LogP contribution >= 0.6 is 11.6 Å². The molecule has 0 saturated heterocycles. The van der Waals surface area contributed by atoms with Crippen LogP contribution in [-0.4, -0.2) is 22.2 Å². The van der Waals surface area contributed by atoms with Crippen molar-refractivity contribution >= 4 is 34.0 Å². The highest BCUT2D eigenvalue weighted by Gasteiger charge is 2.13. The number of phenolic OH excluding ortho intramolecular Hbond substituents is 1. The summed E-state index contributed by atoms with van der Waals surface area (Å²) in [5.74, 6) is 0.164. The molecule has 3 aromatic rings. The first-order chi connectivity index (χ1) is 11.0. The molecule has 0 bridgehead atoms. The fourth-order valence-corrected chi connectivity index (χ4v) is 2.37. The van der Waals surface area contributed by atoms with E-state index < -0.39 is 5.82 Å². The summed E-state index contributed by atoms with van der Waals surface area (Å²) in [6.45, 7) is 1.59. The van der Waals surface area contributed by atoms with Crippen LogP contribution in [0.25, 0.3) is 10.9 Å². The van der Waals surface area contributed by atoms with Crippen molar-refractivity contribution in [3.05, 3.63) is 47.0 Å². The third kappa shape index (κ3) is 2.73. The molecular weight excluding hydrogens is 321 g/mol. The van der Waals surface area contributed by atoms with Gasteiger partial charge in [0.05, 0.1) is 18.3 Å². The van der Waals surface area contributed by atoms with Crippen molar-refractivity contribution in [2.75, 3.05) is 12.4 Å². The Morgan fingerprint density at radius 3 is 2.78 bits per heavy atom. The number of benzene rings is 2. The van der Waals surface area contributed by atoms with Gasteiger partial charge in [0.2, 0.25) is 0 Å². The number of ether oxygens (including phenoxy) is 1. The average molecular weight is 334 g/mol. The molecule has 23 heavy (non-hydrogen) atoms. The monoisotopic (exact) mass is 333 g/mol. The van der Waals surface area contributed by atoms with Crippen molar-refractivity contribution in [1.29, 1.82) is 0 Å². The number of aromatic nitrogens is 2. The Balaban J connectivity index is 2.11. The molecule has 0 fully saturated rings. The van der Waals surface area contributed by atoms with Crippen LogP contribution in [-0.2, 0) is 0 Å². The molecule has 0 aliphatic carbocycles. The van der Waals surface area contributed by atoms with Crippen molar-refractivity contribution < 1.29 is 14.2 Å². The van der Waals surface area contributed by atoms with Gasteiger partial charge in [0.15, 0.2) is 17.3 Å². The molecule has 0 unspecified atom stereocenters. The second-order valence-electron chi connectivity index (χ2n) is 4.92. The first-order valence-corrected chi connectivity index (χ1v) is 7.12. The number of hydrogen-bond acceptors (Lipinski definition) is 5. The maximum absolute atomic E-state index is 14.3. The van der Waals surface area contributed by atoms with E-state index in [0.717, 1.165) is 0 Å². The lowest BCUT2D eigenvalue weighted by Crippen LogP contribution is -2.00. The van der Waals surface area contributed by atoms with Crippen LogP contribution in [0.1, 0.15) is 5.56 Å². The smallest absolute Gasteiger partial charge is 0.162 e. The van der Waals surface area contributed by atoms with Gasteiger partial charge in [0, 0.05) is 22.0 Å². The molecule has 0 amide bonds. The lowest BCUT2D eigenvalue weighted by atomic mass is 10.1. The molecule has 5 nitrogen and oxygen atoms in total. The van der Waals surface area contributed by atoms with E-state index in [-0.39, 0.29) is 11.4 Å². The molecule has 0 radical (unpaired) electrons. The average Bonchev–Trinajstić information content (AvgIpc) is 2.55. The zero-order valence-corrected chi connectivity index (χ0v) is 13.1. The number of anilines is 2. The fourth-order valence-electron chi connectivity index (χ4n) is 2.22. The summed E-state index contributed by atoms with van der Waals surface area (Å²) in [7, 11) is 1.45.